The molecule has 0 aliphatic carbocycles. The van der Waals surface area contributed by atoms with Gasteiger partial charge in [-0.25, -0.2) is 0 Å². The normalized spacial score (nSPS) is 23.6. The molecule has 1 aromatic heterocycles. The van der Waals surface area contributed by atoms with Crippen LogP contribution in [0, 0.1) is 11.8 Å². The van der Waals surface area contributed by atoms with Crippen molar-refractivity contribution in [3.05, 3.63) is 18.5 Å². The summed E-state index contributed by atoms with van der Waals surface area (Å²) in [5.41, 5.74) is 0. The molecule has 0 aromatic carbocycles. The Kier molecular flexibility index (Phi) is 4.25. The standard InChI is InChI=1S/C13H17N3O5/c1-8(16-5-2-4-14-16)11(17)15-6-3-9(12(18)19)10(7-15)13(20)21/h2,4-5,8-10H,3,6-7H2,1H3,(H,18,19)(H,20,21). The van der Waals surface area contributed by atoms with Gasteiger partial charge in [0, 0.05) is 25.5 Å². The first kappa shape index (κ1) is 15.0. The van der Waals surface area contributed by atoms with E-state index in [-0.39, 0.29) is 25.4 Å². The van der Waals surface area contributed by atoms with Crippen LogP contribution in [0.5, 0.6) is 0 Å². The quantitative estimate of drug-likeness (QED) is 0.813. The molecule has 1 aliphatic rings. The highest BCUT2D eigenvalue weighted by Gasteiger charge is 2.40. The summed E-state index contributed by atoms with van der Waals surface area (Å²) in [6.07, 6.45) is 3.35. The fourth-order valence-electron chi connectivity index (χ4n) is 2.59. The number of likely N-dealkylation sites (tertiary alicyclic amines) is 1. The number of aliphatic carboxylic acids is 2. The summed E-state index contributed by atoms with van der Waals surface area (Å²) >= 11 is 0. The number of hydrogen-bond acceptors (Lipinski definition) is 4. The Morgan fingerprint density at radius 1 is 1.24 bits per heavy atom. The molecule has 21 heavy (non-hydrogen) atoms. The maximum absolute atomic E-state index is 12.4. The molecule has 1 aliphatic heterocycles. The minimum absolute atomic E-state index is 0.0866. The molecule has 2 rings (SSSR count). The first-order valence-electron chi connectivity index (χ1n) is 6.65. The molecule has 0 bridgehead atoms. The zero-order valence-electron chi connectivity index (χ0n) is 11.5. The van der Waals surface area contributed by atoms with Gasteiger partial charge in [-0.15, -0.1) is 0 Å². The second-order valence-corrected chi connectivity index (χ2v) is 5.12. The van der Waals surface area contributed by atoms with Gasteiger partial charge >= 0.3 is 11.9 Å². The molecular formula is C13H17N3O5. The summed E-state index contributed by atoms with van der Waals surface area (Å²) < 4.78 is 1.49. The van der Waals surface area contributed by atoms with Gasteiger partial charge in [0.2, 0.25) is 5.91 Å². The number of carbonyl (C=O) groups is 3. The van der Waals surface area contributed by atoms with Crippen molar-refractivity contribution >= 4 is 17.8 Å². The minimum atomic E-state index is -1.19. The summed E-state index contributed by atoms with van der Waals surface area (Å²) in [4.78, 5) is 36.1. The lowest BCUT2D eigenvalue weighted by atomic mass is 9.85. The van der Waals surface area contributed by atoms with E-state index in [4.69, 9.17) is 10.2 Å². The zero-order valence-corrected chi connectivity index (χ0v) is 11.5. The first-order chi connectivity index (χ1) is 9.91. The van der Waals surface area contributed by atoms with Gasteiger partial charge in [-0.3, -0.25) is 19.1 Å². The number of carboxylic acid groups (broad SMARTS) is 2. The van der Waals surface area contributed by atoms with E-state index in [2.05, 4.69) is 5.10 Å². The summed E-state index contributed by atoms with van der Waals surface area (Å²) in [5.74, 6) is -4.60. The van der Waals surface area contributed by atoms with Gasteiger partial charge in [-0.1, -0.05) is 0 Å². The fourth-order valence-corrected chi connectivity index (χ4v) is 2.59. The number of nitrogens with zero attached hydrogens (tertiary/aromatic N) is 3. The van der Waals surface area contributed by atoms with Gasteiger partial charge in [-0.2, -0.15) is 5.10 Å². The summed E-state index contributed by atoms with van der Waals surface area (Å²) in [7, 11) is 0. The van der Waals surface area contributed by atoms with Crippen LogP contribution in [0.2, 0.25) is 0 Å². The Balaban J connectivity index is 2.10. The van der Waals surface area contributed by atoms with Crippen LogP contribution >= 0.6 is 0 Å². The molecule has 1 aromatic rings. The van der Waals surface area contributed by atoms with Crippen LogP contribution in [-0.2, 0) is 14.4 Å². The van der Waals surface area contributed by atoms with Gasteiger partial charge in [0.25, 0.3) is 0 Å². The van der Waals surface area contributed by atoms with Gasteiger partial charge in [-0.05, 0) is 19.4 Å². The van der Waals surface area contributed by atoms with Crippen LogP contribution in [0.3, 0.4) is 0 Å². The van der Waals surface area contributed by atoms with Gasteiger partial charge in [0.05, 0.1) is 11.8 Å². The van der Waals surface area contributed by atoms with Crippen LogP contribution in [0.15, 0.2) is 18.5 Å². The molecule has 0 radical (unpaired) electrons. The molecule has 0 saturated carbocycles. The second-order valence-electron chi connectivity index (χ2n) is 5.12. The van der Waals surface area contributed by atoms with E-state index in [0.717, 1.165) is 0 Å². The lowest BCUT2D eigenvalue weighted by Crippen LogP contribution is -2.50. The molecule has 1 fully saturated rings. The zero-order chi connectivity index (χ0) is 15.6. The Hall–Kier alpha value is -2.38. The van der Waals surface area contributed by atoms with E-state index in [9.17, 15) is 14.4 Å². The third kappa shape index (κ3) is 3.04. The van der Waals surface area contributed by atoms with Crippen LogP contribution in [0.4, 0.5) is 0 Å². The van der Waals surface area contributed by atoms with Crippen molar-refractivity contribution in [3.63, 3.8) is 0 Å². The van der Waals surface area contributed by atoms with Crippen molar-refractivity contribution in [1.29, 1.82) is 0 Å². The molecular weight excluding hydrogens is 278 g/mol. The predicted octanol–water partition coefficient (Wildman–Crippen LogP) is 0.0780. The third-order valence-electron chi connectivity index (χ3n) is 3.84. The van der Waals surface area contributed by atoms with Crippen molar-refractivity contribution < 1.29 is 24.6 Å². The first-order valence-corrected chi connectivity index (χ1v) is 6.65. The number of amides is 1. The minimum Gasteiger partial charge on any atom is -0.481 e. The van der Waals surface area contributed by atoms with Crippen LogP contribution in [0.1, 0.15) is 19.4 Å². The molecule has 0 spiro atoms. The summed E-state index contributed by atoms with van der Waals surface area (Å²) in [6, 6.07) is 1.15. The van der Waals surface area contributed by atoms with E-state index in [1.54, 1.807) is 25.4 Å². The highest BCUT2D eigenvalue weighted by molar-refractivity contribution is 5.84. The van der Waals surface area contributed by atoms with Gasteiger partial charge < -0.3 is 15.1 Å². The maximum atomic E-state index is 12.4. The molecule has 3 atom stereocenters. The number of piperidine rings is 1. The molecule has 3 unspecified atom stereocenters. The molecule has 114 valence electrons. The number of rotatable bonds is 4. The summed E-state index contributed by atoms with van der Waals surface area (Å²) in [5, 5.41) is 22.2. The topological polar surface area (TPSA) is 113 Å². The molecule has 1 amide bonds. The lowest BCUT2D eigenvalue weighted by molar-refractivity contribution is -0.159. The number of aromatic nitrogens is 2. The van der Waals surface area contributed by atoms with E-state index in [1.165, 1.54) is 9.58 Å². The summed E-state index contributed by atoms with van der Waals surface area (Å²) in [6.45, 7) is 1.83. The molecule has 8 heteroatoms. The van der Waals surface area contributed by atoms with Gasteiger partial charge in [0.15, 0.2) is 0 Å². The van der Waals surface area contributed by atoms with E-state index in [1.807, 2.05) is 0 Å². The van der Waals surface area contributed by atoms with Crippen molar-refractivity contribution in [1.82, 2.24) is 14.7 Å². The second kappa shape index (κ2) is 5.94. The van der Waals surface area contributed by atoms with E-state index >= 15 is 0 Å². The Morgan fingerprint density at radius 3 is 2.43 bits per heavy atom. The molecule has 2 N–H and O–H groups in total. The van der Waals surface area contributed by atoms with E-state index < -0.39 is 29.8 Å². The average molecular weight is 295 g/mol. The SMILES string of the molecule is CC(C(=O)N1CCC(C(=O)O)C(C(=O)O)C1)n1cccn1. The Bertz CT molecular complexity index is 542. The highest BCUT2D eigenvalue weighted by atomic mass is 16.4. The van der Waals surface area contributed by atoms with Crippen LogP contribution < -0.4 is 0 Å². The number of hydrogen-bond donors (Lipinski definition) is 2. The van der Waals surface area contributed by atoms with Crippen molar-refractivity contribution in [3.8, 4) is 0 Å². The van der Waals surface area contributed by atoms with Crippen LogP contribution in [0.25, 0.3) is 0 Å². The molecule has 1 saturated heterocycles. The smallest absolute Gasteiger partial charge is 0.309 e. The Labute approximate surface area is 121 Å². The Morgan fingerprint density at radius 2 is 1.90 bits per heavy atom. The van der Waals surface area contributed by atoms with Crippen molar-refractivity contribution in [2.45, 2.75) is 19.4 Å². The van der Waals surface area contributed by atoms with Crippen molar-refractivity contribution in [2.24, 2.45) is 11.8 Å². The van der Waals surface area contributed by atoms with Crippen LogP contribution in [-0.4, -0.2) is 55.8 Å². The molecule has 8 nitrogen and oxygen atoms in total. The lowest BCUT2D eigenvalue weighted by Gasteiger charge is -2.35. The number of carbonyl (C=O) groups excluding carboxylic acids is 1. The monoisotopic (exact) mass is 295 g/mol. The number of carboxylic acids is 2. The maximum Gasteiger partial charge on any atom is 0.309 e. The predicted molar refractivity (Wildman–Crippen MR) is 70.4 cm³/mol. The largest absolute Gasteiger partial charge is 0.481 e. The third-order valence-corrected chi connectivity index (χ3v) is 3.84. The highest BCUT2D eigenvalue weighted by Crippen LogP contribution is 2.26. The van der Waals surface area contributed by atoms with E-state index in [0.29, 0.717) is 0 Å². The average Bonchev–Trinajstić information content (AvgIpc) is 2.99. The van der Waals surface area contributed by atoms with Gasteiger partial charge in [0.1, 0.15) is 6.04 Å². The fraction of sp³-hybridized carbons (Fsp3) is 0.538. The molecule has 2 heterocycles. The van der Waals surface area contributed by atoms with Crippen molar-refractivity contribution in [2.75, 3.05) is 13.1 Å².